The zero-order chi connectivity index (χ0) is 13.9. The van der Waals surface area contributed by atoms with Crippen LogP contribution in [0.25, 0.3) is 22.5 Å². The molecule has 0 radical (unpaired) electrons. The first kappa shape index (κ1) is 12.2. The maximum absolute atomic E-state index is 4.56. The molecule has 0 saturated heterocycles. The lowest BCUT2D eigenvalue weighted by Crippen LogP contribution is -2.28. The normalized spacial score (nSPS) is 25.2. The lowest BCUT2D eigenvalue weighted by Gasteiger charge is -2.34. The SMILES string of the molecule is C[C@@H]1C=Cc2c(n3ccnc3c3ccccc23)C1(C)Br. The van der Waals surface area contributed by atoms with Gasteiger partial charge in [-0.05, 0) is 18.2 Å². The molecule has 1 unspecified atom stereocenters. The second-order valence-corrected chi connectivity index (χ2v) is 7.30. The number of allylic oxidation sites excluding steroid dienone is 1. The highest BCUT2D eigenvalue weighted by Gasteiger charge is 2.36. The molecule has 0 bridgehead atoms. The molecule has 1 aromatic carbocycles. The number of imidazole rings is 1. The third-order valence-corrected chi connectivity index (χ3v) is 5.56. The van der Waals surface area contributed by atoms with E-state index in [1.165, 1.54) is 22.0 Å². The van der Waals surface area contributed by atoms with Crippen LogP contribution in [0.3, 0.4) is 0 Å². The first-order chi connectivity index (χ1) is 9.60. The quantitative estimate of drug-likeness (QED) is 0.544. The highest BCUT2D eigenvalue weighted by molar-refractivity contribution is 9.09. The minimum Gasteiger partial charge on any atom is -0.301 e. The molecule has 2 atom stereocenters. The van der Waals surface area contributed by atoms with Crippen LogP contribution in [0.2, 0.25) is 0 Å². The van der Waals surface area contributed by atoms with Gasteiger partial charge in [0.15, 0.2) is 0 Å². The second-order valence-electron chi connectivity index (χ2n) is 5.65. The minimum atomic E-state index is -0.0833. The Hall–Kier alpha value is -1.61. The summed E-state index contributed by atoms with van der Waals surface area (Å²) in [7, 11) is 0. The second kappa shape index (κ2) is 3.95. The van der Waals surface area contributed by atoms with E-state index in [1.54, 1.807) is 0 Å². The zero-order valence-corrected chi connectivity index (χ0v) is 13.1. The largest absolute Gasteiger partial charge is 0.301 e. The molecule has 0 amide bonds. The Balaban J connectivity index is 2.30. The van der Waals surface area contributed by atoms with Crippen LogP contribution in [0.5, 0.6) is 0 Å². The Kier molecular flexibility index (Phi) is 2.40. The average Bonchev–Trinajstić information content (AvgIpc) is 2.91. The fourth-order valence-corrected chi connectivity index (χ4v) is 3.72. The molecule has 4 rings (SSSR count). The van der Waals surface area contributed by atoms with Crippen LogP contribution in [0, 0.1) is 5.92 Å². The van der Waals surface area contributed by atoms with Gasteiger partial charge in [0.2, 0.25) is 0 Å². The fourth-order valence-electron chi connectivity index (χ4n) is 3.16. The number of aromatic nitrogens is 2. The van der Waals surface area contributed by atoms with Crippen molar-refractivity contribution in [2.45, 2.75) is 18.2 Å². The predicted octanol–water partition coefficient (Wildman–Crippen LogP) is 4.76. The summed E-state index contributed by atoms with van der Waals surface area (Å²) in [5.74, 6) is 0.432. The highest BCUT2D eigenvalue weighted by Crippen LogP contribution is 2.46. The molecule has 1 aliphatic rings. The fraction of sp³-hybridized carbons (Fsp3) is 0.235. The molecule has 0 aliphatic heterocycles. The molecule has 2 aromatic heterocycles. The number of pyridine rings is 1. The molecule has 3 heteroatoms. The van der Waals surface area contributed by atoms with Crippen LogP contribution in [0.4, 0.5) is 0 Å². The van der Waals surface area contributed by atoms with E-state index < -0.39 is 0 Å². The van der Waals surface area contributed by atoms with E-state index in [9.17, 15) is 0 Å². The summed E-state index contributed by atoms with van der Waals surface area (Å²) in [6, 6.07) is 8.51. The molecule has 100 valence electrons. The number of halogens is 1. The maximum atomic E-state index is 4.56. The van der Waals surface area contributed by atoms with Crippen LogP contribution >= 0.6 is 15.9 Å². The molecule has 1 aliphatic carbocycles. The van der Waals surface area contributed by atoms with Crippen molar-refractivity contribution < 1.29 is 0 Å². The number of nitrogens with zero attached hydrogens (tertiary/aromatic N) is 2. The Bertz CT molecular complexity index is 858. The van der Waals surface area contributed by atoms with Gasteiger partial charge in [-0.25, -0.2) is 4.98 Å². The zero-order valence-electron chi connectivity index (χ0n) is 11.5. The van der Waals surface area contributed by atoms with E-state index in [-0.39, 0.29) is 4.32 Å². The minimum absolute atomic E-state index is 0.0833. The van der Waals surface area contributed by atoms with Crippen LogP contribution in [0.1, 0.15) is 25.1 Å². The number of alkyl halides is 1. The molecule has 0 N–H and O–H groups in total. The molecule has 3 aromatic rings. The molecule has 20 heavy (non-hydrogen) atoms. The number of fused-ring (bicyclic) bond motifs is 6. The van der Waals surface area contributed by atoms with E-state index in [2.05, 4.69) is 81.8 Å². The topological polar surface area (TPSA) is 17.3 Å². The Morgan fingerprint density at radius 1 is 1.25 bits per heavy atom. The van der Waals surface area contributed by atoms with Crippen molar-refractivity contribution in [1.29, 1.82) is 0 Å². The smallest absolute Gasteiger partial charge is 0.144 e. The van der Waals surface area contributed by atoms with Crippen molar-refractivity contribution in [2.75, 3.05) is 0 Å². The van der Waals surface area contributed by atoms with Gasteiger partial charge in [-0.1, -0.05) is 59.3 Å². The van der Waals surface area contributed by atoms with Gasteiger partial charge in [-0.3, -0.25) is 0 Å². The number of rotatable bonds is 0. The molecule has 2 nitrogen and oxygen atoms in total. The van der Waals surface area contributed by atoms with Gasteiger partial charge in [0.1, 0.15) is 5.65 Å². The molecule has 0 spiro atoms. The van der Waals surface area contributed by atoms with E-state index in [4.69, 9.17) is 0 Å². The maximum Gasteiger partial charge on any atom is 0.144 e. The van der Waals surface area contributed by atoms with Gasteiger partial charge in [0.05, 0.1) is 4.32 Å². The van der Waals surface area contributed by atoms with Crippen molar-refractivity contribution in [3.8, 4) is 0 Å². The van der Waals surface area contributed by atoms with Crippen LogP contribution < -0.4 is 0 Å². The van der Waals surface area contributed by atoms with Gasteiger partial charge >= 0.3 is 0 Å². The molecular formula is C17H15BrN2. The summed E-state index contributed by atoms with van der Waals surface area (Å²) in [5.41, 5.74) is 3.62. The predicted molar refractivity (Wildman–Crippen MR) is 87.2 cm³/mol. The van der Waals surface area contributed by atoms with Crippen molar-refractivity contribution in [3.63, 3.8) is 0 Å². The van der Waals surface area contributed by atoms with Gasteiger partial charge in [-0.15, -0.1) is 0 Å². The monoisotopic (exact) mass is 326 g/mol. The van der Waals surface area contributed by atoms with Crippen molar-refractivity contribution in [2.24, 2.45) is 5.92 Å². The summed E-state index contributed by atoms with van der Waals surface area (Å²) < 4.78 is 2.15. The lowest BCUT2D eigenvalue weighted by atomic mass is 9.83. The van der Waals surface area contributed by atoms with Crippen LogP contribution in [-0.4, -0.2) is 9.38 Å². The van der Waals surface area contributed by atoms with Crippen molar-refractivity contribution in [3.05, 3.63) is 54.0 Å². The number of hydrogen-bond acceptors (Lipinski definition) is 1. The molecular weight excluding hydrogens is 312 g/mol. The Morgan fingerprint density at radius 3 is 2.80 bits per heavy atom. The van der Waals surface area contributed by atoms with Gasteiger partial charge in [0.25, 0.3) is 0 Å². The molecule has 2 heterocycles. The Morgan fingerprint density at radius 2 is 2.00 bits per heavy atom. The van der Waals surface area contributed by atoms with Gasteiger partial charge in [0, 0.05) is 29.0 Å². The van der Waals surface area contributed by atoms with Crippen molar-refractivity contribution >= 4 is 38.4 Å². The Labute approximate surface area is 126 Å². The summed E-state index contributed by atoms with van der Waals surface area (Å²) >= 11 is 3.95. The van der Waals surface area contributed by atoms with E-state index in [1.807, 2.05) is 6.20 Å². The molecule has 0 saturated carbocycles. The average molecular weight is 327 g/mol. The standard InChI is InChI=1S/C17H15BrN2/c1-11-7-8-13-12-5-3-4-6-14(12)16-19-9-10-20(16)15(13)17(11,2)18/h3-11H,1-2H3/t11-,17?/m1/s1. The van der Waals surface area contributed by atoms with Crippen LogP contribution in [0.15, 0.2) is 42.7 Å². The van der Waals surface area contributed by atoms with Gasteiger partial charge < -0.3 is 4.40 Å². The molecule has 0 fully saturated rings. The van der Waals surface area contributed by atoms with Crippen molar-refractivity contribution in [1.82, 2.24) is 9.38 Å². The lowest BCUT2D eigenvalue weighted by molar-refractivity contribution is 0.524. The van der Waals surface area contributed by atoms with E-state index in [0.717, 1.165) is 5.65 Å². The van der Waals surface area contributed by atoms with E-state index >= 15 is 0 Å². The van der Waals surface area contributed by atoms with Crippen LogP contribution in [-0.2, 0) is 4.32 Å². The highest BCUT2D eigenvalue weighted by atomic mass is 79.9. The first-order valence-electron chi connectivity index (χ1n) is 6.86. The number of benzene rings is 1. The first-order valence-corrected chi connectivity index (χ1v) is 7.65. The number of hydrogen-bond donors (Lipinski definition) is 0. The summed E-state index contributed by atoms with van der Waals surface area (Å²) in [4.78, 5) is 4.56. The van der Waals surface area contributed by atoms with Gasteiger partial charge in [-0.2, -0.15) is 0 Å². The third kappa shape index (κ3) is 1.41. The summed E-state index contributed by atoms with van der Waals surface area (Å²) in [5, 5.41) is 2.48. The summed E-state index contributed by atoms with van der Waals surface area (Å²) in [6.45, 7) is 4.49. The van der Waals surface area contributed by atoms with E-state index in [0.29, 0.717) is 5.92 Å². The summed E-state index contributed by atoms with van der Waals surface area (Å²) in [6.07, 6.45) is 8.48. The third-order valence-electron chi connectivity index (χ3n) is 4.46.